The molecular weight excluding hydrogens is 449 g/mol. The van der Waals surface area contributed by atoms with Gasteiger partial charge in [0.2, 0.25) is 17.8 Å². The molecule has 2 unspecified atom stereocenters. The first-order valence-corrected chi connectivity index (χ1v) is 12.7. The maximum atomic E-state index is 14.4. The van der Waals surface area contributed by atoms with Crippen LogP contribution < -0.4 is 26.0 Å². The van der Waals surface area contributed by atoms with Gasteiger partial charge in [0.1, 0.15) is 0 Å². The fraction of sp³-hybridized carbons (Fsp3) is 0.600. The fourth-order valence-electron chi connectivity index (χ4n) is 4.86. The van der Waals surface area contributed by atoms with Gasteiger partial charge in [-0.2, -0.15) is 15.0 Å². The number of nitrogens with one attached hydrogen (secondary N) is 4. The van der Waals surface area contributed by atoms with Crippen molar-refractivity contribution >= 4 is 29.5 Å². The zero-order valence-electron chi connectivity index (χ0n) is 20.6. The minimum atomic E-state index is -0.647. The molecule has 2 heterocycles. The molecule has 2 fully saturated rings. The van der Waals surface area contributed by atoms with E-state index in [1.807, 2.05) is 0 Å². The molecule has 1 aliphatic heterocycles. The molecule has 0 amide bonds. The minimum Gasteiger partial charge on any atom is -0.424 e. The summed E-state index contributed by atoms with van der Waals surface area (Å²) in [7, 11) is 0. The average Bonchev–Trinajstić information content (AvgIpc) is 3.38. The van der Waals surface area contributed by atoms with E-state index in [-0.39, 0.29) is 11.8 Å². The summed E-state index contributed by atoms with van der Waals surface area (Å²) < 4.78 is 19.3. The van der Waals surface area contributed by atoms with Crippen molar-refractivity contribution < 1.29 is 13.9 Å². The molecule has 2 atom stereocenters. The van der Waals surface area contributed by atoms with Crippen molar-refractivity contribution in [3.8, 4) is 5.75 Å². The molecule has 1 aromatic heterocycles. The molecule has 190 valence electrons. The van der Waals surface area contributed by atoms with Gasteiger partial charge in [0.25, 0.3) is 0 Å². The Labute approximate surface area is 206 Å². The third kappa shape index (κ3) is 7.24. The molecular formula is C25H36FN7O2. The van der Waals surface area contributed by atoms with E-state index in [1.165, 1.54) is 51.2 Å². The van der Waals surface area contributed by atoms with Gasteiger partial charge >= 0.3 is 5.97 Å². The highest BCUT2D eigenvalue weighted by atomic mass is 19.1. The maximum absolute atomic E-state index is 14.4. The van der Waals surface area contributed by atoms with Crippen LogP contribution in [0, 0.1) is 11.7 Å². The van der Waals surface area contributed by atoms with Crippen LogP contribution in [0.15, 0.2) is 18.2 Å². The Morgan fingerprint density at radius 2 is 1.89 bits per heavy atom. The summed E-state index contributed by atoms with van der Waals surface area (Å²) in [5.41, 5.74) is 0.443. The highest BCUT2D eigenvalue weighted by Gasteiger charge is 2.24. The van der Waals surface area contributed by atoms with Crippen molar-refractivity contribution in [2.45, 2.75) is 77.3 Å². The van der Waals surface area contributed by atoms with Crippen LogP contribution in [0.25, 0.3) is 0 Å². The lowest BCUT2D eigenvalue weighted by Crippen LogP contribution is -2.40. The third-order valence-electron chi connectivity index (χ3n) is 6.69. The van der Waals surface area contributed by atoms with Gasteiger partial charge < -0.3 is 26.0 Å². The van der Waals surface area contributed by atoms with Gasteiger partial charge in [0, 0.05) is 37.3 Å². The smallest absolute Gasteiger partial charge is 0.308 e. The molecule has 1 saturated carbocycles. The Balaban J connectivity index is 1.52. The Morgan fingerprint density at radius 1 is 1.11 bits per heavy atom. The van der Waals surface area contributed by atoms with Crippen LogP contribution >= 0.6 is 0 Å². The second kappa shape index (κ2) is 12.1. The first-order valence-electron chi connectivity index (χ1n) is 12.7. The molecule has 1 aromatic carbocycles. The summed E-state index contributed by atoms with van der Waals surface area (Å²) in [5, 5.41) is 13.5. The van der Waals surface area contributed by atoms with E-state index in [4.69, 9.17) is 4.74 Å². The molecule has 35 heavy (non-hydrogen) atoms. The number of anilines is 4. The van der Waals surface area contributed by atoms with Crippen LogP contribution in [0.4, 0.5) is 27.9 Å². The van der Waals surface area contributed by atoms with Crippen LogP contribution in [0.1, 0.15) is 65.2 Å². The lowest BCUT2D eigenvalue weighted by atomic mass is 9.89. The van der Waals surface area contributed by atoms with E-state index in [2.05, 4.69) is 43.1 Å². The van der Waals surface area contributed by atoms with Gasteiger partial charge in [-0.1, -0.05) is 26.2 Å². The number of esters is 1. The second-order valence-electron chi connectivity index (χ2n) is 9.42. The number of hydrogen-bond donors (Lipinski definition) is 4. The Hall–Kier alpha value is -3.01. The molecule has 9 nitrogen and oxygen atoms in total. The van der Waals surface area contributed by atoms with E-state index in [0.717, 1.165) is 32.4 Å². The Morgan fingerprint density at radius 3 is 2.57 bits per heavy atom. The normalized spacial score (nSPS) is 19.2. The van der Waals surface area contributed by atoms with Gasteiger partial charge in [-0.25, -0.2) is 4.39 Å². The van der Waals surface area contributed by atoms with Crippen molar-refractivity contribution in [3.05, 3.63) is 24.0 Å². The molecule has 1 saturated heterocycles. The number of ether oxygens (including phenoxy) is 1. The molecule has 0 radical (unpaired) electrons. The molecule has 1 aliphatic carbocycles. The zero-order chi connectivity index (χ0) is 24.6. The second-order valence-corrected chi connectivity index (χ2v) is 9.42. The molecule has 10 heteroatoms. The van der Waals surface area contributed by atoms with Crippen molar-refractivity contribution in [1.29, 1.82) is 0 Å². The van der Waals surface area contributed by atoms with Gasteiger partial charge in [-0.15, -0.1) is 0 Å². The number of benzene rings is 1. The lowest BCUT2D eigenvalue weighted by Gasteiger charge is -2.24. The summed E-state index contributed by atoms with van der Waals surface area (Å²) in [4.78, 5) is 24.9. The number of halogens is 1. The van der Waals surface area contributed by atoms with Crippen LogP contribution in [-0.4, -0.2) is 46.1 Å². The minimum absolute atomic E-state index is 0.120. The molecule has 4 N–H and O–H groups in total. The first-order chi connectivity index (χ1) is 17.0. The zero-order valence-corrected chi connectivity index (χ0v) is 20.6. The van der Waals surface area contributed by atoms with Crippen LogP contribution in [-0.2, 0) is 4.79 Å². The van der Waals surface area contributed by atoms with Crippen molar-refractivity contribution in [3.63, 3.8) is 0 Å². The molecule has 4 rings (SSSR count). The van der Waals surface area contributed by atoms with E-state index in [1.54, 1.807) is 6.07 Å². The highest BCUT2D eigenvalue weighted by molar-refractivity contribution is 5.70. The van der Waals surface area contributed by atoms with Crippen LogP contribution in [0.3, 0.4) is 0 Å². The van der Waals surface area contributed by atoms with Gasteiger partial charge in [0.05, 0.1) is 0 Å². The van der Waals surface area contributed by atoms with E-state index in [9.17, 15) is 9.18 Å². The predicted molar refractivity (Wildman–Crippen MR) is 135 cm³/mol. The standard InChI is InChI=1S/C25H36FN7O2/c1-3-20(21-10-7-13-27-21)30-25-32-23(28-15-17-8-5-4-6-9-17)31-24(33-25)29-18-11-12-22(19(26)14-18)35-16(2)34/h11-12,14,17,20-21,27H,3-10,13,15H2,1-2H3,(H3,28,29,30,31,32,33). The largest absolute Gasteiger partial charge is 0.424 e. The number of carbonyl (C=O) groups is 1. The quantitative estimate of drug-likeness (QED) is 0.283. The van der Waals surface area contributed by atoms with E-state index >= 15 is 0 Å². The third-order valence-corrected chi connectivity index (χ3v) is 6.69. The molecule has 0 spiro atoms. The fourth-order valence-corrected chi connectivity index (χ4v) is 4.86. The summed E-state index contributed by atoms with van der Waals surface area (Å²) in [6.07, 6.45) is 9.49. The molecule has 2 aromatic rings. The van der Waals surface area contributed by atoms with E-state index in [0.29, 0.717) is 35.5 Å². The van der Waals surface area contributed by atoms with E-state index < -0.39 is 11.8 Å². The number of hydrogen-bond acceptors (Lipinski definition) is 9. The van der Waals surface area contributed by atoms with Crippen molar-refractivity contribution in [2.24, 2.45) is 5.92 Å². The van der Waals surface area contributed by atoms with Crippen LogP contribution in [0.5, 0.6) is 5.75 Å². The molecule has 2 aliphatic rings. The summed E-state index contributed by atoms with van der Waals surface area (Å²) in [5.74, 6) is 0.545. The molecule has 0 bridgehead atoms. The number of aromatic nitrogens is 3. The predicted octanol–water partition coefficient (Wildman–Crippen LogP) is 4.61. The lowest BCUT2D eigenvalue weighted by molar-refractivity contribution is -0.132. The van der Waals surface area contributed by atoms with Gasteiger partial charge in [-0.3, -0.25) is 4.79 Å². The van der Waals surface area contributed by atoms with Gasteiger partial charge in [-0.05, 0) is 56.7 Å². The van der Waals surface area contributed by atoms with Crippen molar-refractivity contribution in [2.75, 3.05) is 29.0 Å². The summed E-state index contributed by atoms with van der Waals surface area (Å²) in [6.45, 7) is 5.22. The first kappa shape index (κ1) is 25.1. The monoisotopic (exact) mass is 485 g/mol. The van der Waals surface area contributed by atoms with Crippen molar-refractivity contribution in [1.82, 2.24) is 20.3 Å². The topological polar surface area (TPSA) is 113 Å². The Kier molecular flexibility index (Phi) is 8.68. The SMILES string of the molecule is CCC(Nc1nc(NCC2CCCCC2)nc(Nc2ccc(OC(C)=O)c(F)c2)n1)C1CCCN1. The number of nitrogens with zero attached hydrogens (tertiary/aromatic N) is 3. The highest BCUT2D eigenvalue weighted by Crippen LogP contribution is 2.26. The number of rotatable bonds is 10. The average molecular weight is 486 g/mol. The Bertz CT molecular complexity index is 994. The van der Waals surface area contributed by atoms with Gasteiger partial charge in [0.15, 0.2) is 11.6 Å². The van der Waals surface area contributed by atoms with Crippen LogP contribution in [0.2, 0.25) is 0 Å². The number of carbonyl (C=O) groups excluding carboxylic acids is 1. The summed E-state index contributed by atoms with van der Waals surface area (Å²) in [6, 6.07) is 4.83. The summed E-state index contributed by atoms with van der Waals surface area (Å²) >= 11 is 0. The maximum Gasteiger partial charge on any atom is 0.308 e.